The first kappa shape index (κ1) is 9.41. The fourth-order valence-electron chi connectivity index (χ4n) is 2.00. The topological polar surface area (TPSA) is 20.3 Å². The van der Waals surface area contributed by atoms with E-state index in [0.29, 0.717) is 12.3 Å². The summed E-state index contributed by atoms with van der Waals surface area (Å²) in [6.07, 6.45) is 0.958. The molecule has 2 heteroatoms. The lowest BCUT2D eigenvalue weighted by atomic mass is 9.89. The quantitative estimate of drug-likeness (QED) is 0.670. The van der Waals surface area contributed by atoms with Gasteiger partial charge < -0.3 is 0 Å². The molecule has 0 radical (unpaired) electrons. The van der Waals surface area contributed by atoms with E-state index in [1.165, 1.54) is 5.56 Å². The van der Waals surface area contributed by atoms with Crippen LogP contribution in [0.15, 0.2) is 30.3 Å². The van der Waals surface area contributed by atoms with Gasteiger partial charge in [0, 0.05) is 5.92 Å². The molecule has 0 spiro atoms. The fourth-order valence-corrected chi connectivity index (χ4v) is 2.00. The molecule has 0 amide bonds. The normalized spacial score (nSPS) is 23.8. The summed E-state index contributed by atoms with van der Waals surface area (Å²) in [7, 11) is 2.00. The number of likely N-dealkylation sites (N-methyl/N-ethyl adjacent to an activating group) is 1. The van der Waals surface area contributed by atoms with Crippen molar-refractivity contribution < 1.29 is 4.79 Å². The van der Waals surface area contributed by atoms with Crippen LogP contribution in [-0.4, -0.2) is 30.8 Å². The van der Waals surface area contributed by atoms with Gasteiger partial charge in [-0.2, -0.15) is 0 Å². The third-order valence-corrected chi connectivity index (χ3v) is 2.82. The van der Waals surface area contributed by atoms with Gasteiger partial charge in [-0.05, 0) is 25.6 Å². The molecule has 0 aliphatic carbocycles. The molecule has 0 bridgehead atoms. The van der Waals surface area contributed by atoms with E-state index in [4.69, 9.17) is 0 Å². The Balaban J connectivity index is 2.16. The van der Waals surface area contributed by atoms with Gasteiger partial charge in [-0.3, -0.25) is 9.69 Å². The van der Waals surface area contributed by atoms with Gasteiger partial charge in [-0.15, -0.1) is 0 Å². The standard InChI is InChI=1S/C12H15NO/c1-13-8-7-11(12(14)9-13)10-5-3-2-4-6-10/h2-6,11H,7-9H2,1H3/t11-/m1/s1. The lowest BCUT2D eigenvalue weighted by Crippen LogP contribution is -2.37. The van der Waals surface area contributed by atoms with Crippen LogP contribution in [-0.2, 0) is 4.79 Å². The van der Waals surface area contributed by atoms with Crippen LogP contribution < -0.4 is 0 Å². The third kappa shape index (κ3) is 1.85. The summed E-state index contributed by atoms with van der Waals surface area (Å²) in [4.78, 5) is 13.8. The number of rotatable bonds is 1. The Hall–Kier alpha value is -1.15. The summed E-state index contributed by atoms with van der Waals surface area (Å²) in [5.41, 5.74) is 1.17. The highest BCUT2D eigenvalue weighted by molar-refractivity contribution is 5.88. The predicted octanol–water partition coefficient (Wildman–Crippen LogP) is 1.67. The van der Waals surface area contributed by atoms with Gasteiger partial charge in [0.25, 0.3) is 0 Å². The molecule has 1 fully saturated rings. The van der Waals surface area contributed by atoms with Crippen LogP contribution in [0.25, 0.3) is 0 Å². The van der Waals surface area contributed by atoms with Gasteiger partial charge in [-0.25, -0.2) is 0 Å². The van der Waals surface area contributed by atoms with Gasteiger partial charge in [0.15, 0.2) is 5.78 Å². The molecule has 0 unspecified atom stereocenters. The number of nitrogens with zero attached hydrogens (tertiary/aromatic N) is 1. The van der Waals surface area contributed by atoms with E-state index >= 15 is 0 Å². The summed E-state index contributed by atoms with van der Waals surface area (Å²) in [6, 6.07) is 10.1. The minimum atomic E-state index is 0.132. The Bertz CT molecular complexity index is 320. The van der Waals surface area contributed by atoms with Crippen LogP contribution in [0, 0.1) is 0 Å². The molecule has 2 nitrogen and oxygen atoms in total. The maximum Gasteiger partial charge on any atom is 0.154 e. The number of ketones is 1. The van der Waals surface area contributed by atoms with Crippen molar-refractivity contribution in [3.8, 4) is 0 Å². The van der Waals surface area contributed by atoms with Gasteiger partial charge in [0.1, 0.15) is 0 Å². The van der Waals surface area contributed by atoms with Crippen molar-refractivity contribution in [2.24, 2.45) is 0 Å². The number of hydrogen-bond donors (Lipinski definition) is 0. The smallest absolute Gasteiger partial charge is 0.154 e. The zero-order chi connectivity index (χ0) is 9.97. The molecule has 1 aliphatic heterocycles. The first-order chi connectivity index (χ1) is 6.77. The molecule has 1 aliphatic rings. The van der Waals surface area contributed by atoms with Crippen LogP contribution in [0.1, 0.15) is 17.9 Å². The Morgan fingerprint density at radius 3 is 2.64 bits per heavy atom. The van der Waals surface area contributed by atoms with E-state index < -0.39 is 0 Å². The first-order valence-corrected chi connectivity index (χ1v) is 5.03. The molecule has 2 rings (SSSR count). The lowest BCUT2D eigenvalue weighted by Gasteiger charge is -2.27. The molecule has 0 aromatic heterocycles. The largest absolute Gasteiger partial charge is 0.299 e. The Kier molecular flexibility index (Phi) is 2.64. The van der Waals surface area contributed by atoms with E-state index in [0.717, 1.165) is 13.0 Å². The zero-order valence-corrected chi connectivity index (χ0v) is 8.44. The lowest BCUT2D eigenvalue weighted by molar-refractivity contribution is -0.123. The second kappa shape index (κ2) is 3.93. The minimum absolute atomic E-state index is 0.132. The molecule has 0 N–H and O–H groups in total. The van der Waals surface area contributed by atoms with Crippen molar-refractivity contribution in [3.63, 3.8) is 0 Å². The number of carbonyl (C=O) groups is 1. The highest BCUT2D eigenvalue weighted by atomic mass is 16.1. The van der Waals surface area contributed by atoms with E-state index in [1.54, 1.807) is 0 Å². The van der Waals surface area contributed by atoms with Crippen LogP contribution in [0.2, 0.25) is 0 Å². The summed E-state index contributed by atoms with van der Waals surface area (Å²) in [5, 5.41) is 0. The number of Topliss-reactive ketones (excluding diaryl/α,β-unsaturated/α-hetero) is 1. The molecule has 14 heavy (non-hydrogen) atoms. The first-order valence-electron chi connectivity index (χ1n) is 5.03. The third-order valence-electron chi connectivity index (χ3n) is 2.82. The Morgan fingerprint density at radius 1 is 1.29 bits per heavy atom. The summed E-state index contributed by atoms with van der Waals surface area (Å²) < 4.78 is 0. The van der Waals surface area contributed by atoms with Crippen LogP contribution >= 0.6 is 0 Å². The van der Waals surface area contributed by atoms with E-state index in [9.17, 15) is 4.79 Å². The molecule has 74 valence electrons. The van der Waals surface area contributed by atoms with Crippen molar-refractivity contribution >= 4 is 5.78 Å². The molecular formula is C12H15NO. The number of benzene rings is 1. The minimum Gasteiger partial charge on any atom is -0.299 e. The second-order valence-electron chi connectivity index (χ2n) is 3.96. The van der Waals surface area contributed by atoms with Crippen molar-refractivity contribution in [1.29, 1.82) is 0 Å². The second-order valence-corrected chi connectivity index (χ2v) is 3.96. The van der Waals surface area contributed by atoms with Gasteiger partial charge in [0.05, 0.1) is 6.54 Å². The van der Waals surface area contributed by atoms with Crippen LogP contribution in [0.3, 0.4) is 0 Å². The van der Waals surface area contributed by atoms with Crippen LogP contribution in [0.4, 0.5) is 0 Å². The maximum atomic E-state index is 11.8. The summed E-state index contributed by atoms with van der Waals surface area (Å²) >= 11 is 0. The maximum absolute atomic E-state index is 11.8. The molecule has 1 aromatic rings. The number of carbonyl (C=O) groups excluding carboxylic acids is 1. The van der Waals surface area contributed by atoms with Gasteiger partial charge in [0.2, 0.25) is 0 Å². The highest BCUT2D eigenvalue weighted by Gasteiger charge is 2.25. The van der Waals surface area contributed by atoms with E-state index in [-0.39, 0.29) is 5.92 Å². The molecule has 1 heterocycles. The number of piperidine rings is 1. The molecule has 0 saturated carbocycles. The van der Waals surface area contributed by atoms with Gasteiger partial charge >= 0.3 is 0 Å². The van der Waals surface area contributed by atoms with Crippen molar-refractivity contribution in [2.45, 2.75) is 12.3 Å². The van der Waals surface area contributed by atoms with Crippen molar-refractivity contribution in [1.82, 2.24) is 4.90 Å². The zero-order valence-electron chi connectivity index (χ0n) is 8.44. The summed E-state index contributed by atoms with van der Waals surface area (Å²) in [6.45, 7) is 1.62. The molecule has 1 saturated heterocycles. The van der Waals surface area contributed by atoms with Crippen molar-refractivity contribution in [3.05, 3.63) is 35.9 Å². The van der Waals surface area contributed by atoms with E-state index in [1.807, 2.05) is 37.4 Å². The Labute approximate surface area is 84.5 Å². The molecular weight excluding hydrogens is 174 g/mol. The average molecular weight is 189 g/mol. The number of hydrogen-bond acceptors (Lipinski definition) is 2. The number of likely N-dealkylation sites (tertiary alicyclic amines) is 1. The van der Waals surface area contributed by atoms with Gasteiger partial charge in [-0.1, -0.05) is 30.3 Å². The van der Waals surface area contributed by atoms with Crippen molar-refractivity contribution in [2.75, 3.05) is 20.1 Å². The Morgan fingerprint density at radius 2 is 2.00 bits per heavy atom. The van der Waals surface area contributed by atoms with Crippen LogP contribution in [0.5, 0.6) is 0 Å². The van der Waals surface area contributed by atoms with E-state index in [2.05, 4.69) is 4.90 Å². The average Bonchev–Trinajstić information content (AvgIpc) is 2.19. The predicted molar refractivity (Wildman–Crippen MR) is 56.3 cm³/mol. The SMILES string of the molecule is CN1CC[C@H](c2ccccc2)C(=O)C1. The highest BCUT2D eigenvalue weighted by Crippen LogP contribution is 2.24. The summed E-state index contributed by atoms with van der Waals surface area (Å²) in [5.74, 6) is 0.484. The molecule has 1 aromatic carbocycles. The molecule has 1 atom stereocenters. The monoisotopic (exact) mass is 189 g/mol. The fraction of sp³-hybridized carbons (Fsp3) is 0.417.